The van der Waals surface area contributed by atoms with Gasteiger partial charge in [0.05, 0.1) is 10.6 Å². The molecule has 0 aliphatic rings. The second kappa shape index (κ2) is 8.46. The third-order valence-electron chi connectivity index (χ3n) is 3.42. The molecule has 0 spiro atoms. The largest absolute Gasteiger partial charge is 0.332 e. The Labute approximate surface area is 171 Å². The lowest BCUT2D eigenvalue weighted by Gasteiger charge is -2.12. The van der Waals surface area contributed by atoms with Crippen molar-refractivity contribution < 1.29 is 12.8 Å². The predicted octanol–water partition coefficient (Wildman–Crippen LogP) is 3.88. The standard InChI is InChI=1S/C17H13ClFN5O2S2/c18-15-9-10-16(23-22-15)24-28(25,26)12-7-5-11(6-8-12)20-17(27)21-14-4-2-1-3-13(14)19/h1-10H,(H,23,24)(H2,20,21,27). The fraction of sp³-hybridized carbons (Fsp3) is 0. The van der Waals surface area contributed by atoms with Crippen molar-refractivity contribution in [3.8, 4) is 0 Å². The summed E-state index contributed by atoms with van der Waals surface area (Å²) in [5.41, 5.74) is 0.756. The van der Waals surface area contributed by atoms with Gasteiger partial charge < -0.3 is 10.6 Å². The predicted molar refractivity (Wildman–Crippen MR) is 111 cm³/mol. The van der Waals surface area contributed by atoms with Crippen molar-refractivity contribution in [3.63, 3.8) is 0 Å². The maximum atomic E-state index is 13.6. The number of benzene rings is 2. The molecule has 2 aromatic carbocycles. The minimum absolute atomic E-state index is 0.0165. The number of nitrogens with one attached hydrogen (secondary N) is 3. The lowest BCUT2D eigenvalue weighted by Crippen LogP contribution is -2.20. The topological polar surface area (TPSA) is 96.0 Å². The molecule has 0 amide bonds. The number of nitrogens with zero attached hydrogens (tertiary/aromatic N) is 2. The summed E-state index contributed by atoms with van der Waals surface area (Å²) in [5.74, 6) is -0.397. The highest BCUT2D eigenvalue weighted by molar-refractivity contribution is 7.92. The van der Waals surface area contributed by atoms with Crippen LogP contribution in [0.25, 0.3) is 0 Å². The molecule has 0 bridgehead atoms. The number of anilines is 3. The van der Waals surface area contributed by atoms with Crippen LogP contribution in [0, 0.1) is 5.82 Å². The first-order valence-corrected chi connectivity index (χ1v) is 10.0. The van der Waals surface area contributed by atoms with Gasteiger partial charge in [-0.1, -0.05) is 23.7 Å². The Morgan fingerprint density at radius 2 is 1.68 bits per heavy atom. The zero-order valence-corrected chi connectivity index (χ0v) is 16.4. The molecule has 3 aromatic rings. The molecule has 3 rings (SSSR count). The maximum absolute atomic E-state index is 13.6. The lowest BCUT2D eigenvalue weighted by atomic mass is 10.3. The summed E-state index contributed by atoms with van der Waals surface area (Å²) < 4.78 is 40.7. The maximum Gasteiger partial charge on any atom is 0.263 e. The molecule has 1 aromatic heterocycles. The Hall–Kier alpha value is -2.82. The van der Waals surface area contributed by atoms with Gasteiger partial charge in [0.25, 0.3) is 10.0 Å². The van der Waals surface area contributed by atoms with E-state index in [2.05, 4.69) is 25.6 Å². The van der Waals surface area contributed by atoms with E-state index < -0.39 is 15.8 Å². The molecule has 0 radical (unpaired) electrons. The number of hydrogen-bond donors (Lipinski definition) is 3. The minimum Gasteiger partial charge on any atom is -0.332 e. The van der Waals surface area contributed by atoms with Crippen LogP contribution in [-0.4, -0.2) is 23.7 Å². The summed E-state index contributed by atoms with van der Waals surface area (Å²) in [6.07, 6.45) is 0. The molecule has 7 nitrogen and oxygen atoms in total. The SMILES string of the molecule is O=S(=O)(Nc1ccc(Cl)nn1)c1ccc(NC(=S)Nc2ccccc2F)cc1. The molecule has 0 aliphatic heterocycles. The first-order chi connectivity index (χ1) is 13.3. The van der Waals surface area contributed by atoms with Gasteiger partial charge in [0, 0.05) is 5.69 Å². The van der Waals surface area contributed by atoms with Crippen molar-refractivity contribution >= 4 is 56.1 Å². The van der Waals surface area contributed by atoms with E-state index in [1.165, 1.54) is 42.5 Å². The van der Waals surface area contributed by atoms with Crippen LogP contribution in [0.5, 0.6) is 0 Å². The average Bonchev–Trinajstić information content (AvgIpc) is 2.66. The Kier molecular flexibility index (Phi) is 6.02. The number of aromatic nitrogens is 2. The smallest absolute Gasteiger partial charge is 0.263 e. The van der Waals surface area contributed by atoms with Crippen molar-refractivity contribution in [3.05, 3.63) is 71.6 Å². The van der Waals surface area contributed by atoms with Gasteiger partial charge in [-0.05, 0) is 60.7 Å². The molecule has 3 N–H and O–H groups in total. The van der Waals surface area contributed by atoms with Crippen LogP contribution in [0.3, 0.4) is 0 Å². The molecule has 28 heavy (non-hydrogen) atoms. The highest BCUT2D eigenvalue weighted by Crippen LogP contribution is 2.18. The molecule has 0 saturated carbocycles. The van der Waals surface area contributed by atoms with E-state index in [1.807, 2.05) is 0 Å². The summed E-state index contributed by atoms with van der Waals surface area (Å²) in [5, 5.41) is 13.1. The van der Waals surface area contributed by atoms with E-state index in [0.717, 1.165) is 0 Å². The number of halogens is 2. The van der Waals surface area contributed by atoms with E-state index in [1.54, 1.807) is 18.2 Å². The first-order valence-electron chi connectivity index (χ1n) is 7.78. The van der Waals surface area contributed by atoms with Gasteiger partial charge in [-0.2, -0.15) is 0 Å². The van der Waals surface area contributed by atoms with E-state index in [9.17, 15) is 12.8 Å². The fourth-order valence-corrected chi connectivity index (χ4v) is 3.46. The monoisotopic (exact) mass is 437 g/mol. The molecule has 0 saturated heterocycles. The van der Waals surface area contributed by atoms with Crippen LogP contribution in [0.4, 0.5) is 21.6 Å². The zero-order valence-electron chi connectivity index (χ0n) is 14.1. The Bertz CT molecular complexity index is 1090. The summed E-state index contributed by atoms with van der Waals surface area (Å²) in [7, 11) is -3.85. The van der Waals surface area contributed by atoms with Gasteiger partial charge in [-0.25, -0.2) is 12.8 Å². The fourth-order valence-electron chi connectivity index (χ4n) is 2.13. The molecule has 0 atom stereocenters. The van der Waals surface area contributed by atoms with Gasteiger partial charge in [0.2, 0.25) is 0 Å². The highest BCUT2D eigenvalue weighted by atomic mass is 35.5. The van der Waals surface area contributed by atoms with Crippen molar-refractivity contribution in [2.45, 2.75) is 4.90 Å². The van der Waals surface area contributed by atoms with Gasteiger partial charge in [0.15, 0.2) is 16.1 Å². The Morgan fingerprint density at radius 1 is 0.964 bits per heavy atom. The summed E-state index contributed by atoms with van der Waals surface area (Å²) in [4.78, 5) is 0.0165. The van der Waals surface area contributed by atoms with Gasteiger partial charge in [-0.3, -0.25) is 4.72 Å². The molecule has 144 valence electrons. The molecule has 0 unspecified atom stereocenters. The molecular weight excluding hydrogens is 425 g/mol. The number of hydrogen-bond acceptors (Lipinski definition) is 5. The second-order valence-electron chi connectivity index (χ2n) is 5.43. The Morgan fingerprint density at radius 3 is 2.32 bits per heavy atom. The van der Waals surface area contributed by atoms with Crippen molar-refractivity contribution in [2.75, 3.05) is 15.4 Å². The van der Waals surface area contributed by atoms with Crippen LogP contribution >= 0.6 is 23.8 Å². The van der Waals surface area contributed by atoms with Crippen LogP contribution < -0.4 is 15.4 Å². The van der Waals surface area contributed by atoms with Gasteiger partial charge >= 0.3 is 0 Å². The van der Waals surface area contributed by atoms with Crippen LogP contribution in [0.2, 0.25) is 5.15 Å². The van der Waals surface area contributed by atoms with E-state index in [0.29, 0.717) is 5.69 Å². The third-order valence-corrected chi connectivity index (χ3v) is 5.19. The summed E-state index contributed by atoms with van der Waals surface area (Å²) in [6.45, 7) is 0. The Balaban J connectivity index is 1.66. The van der Waals surface area contributed by atoms with E-state index in [-0.39, 0.29) is 26.7 Å². The van der Waals surface area contributed by atoms with Crippen molar-refractivity contribution in [2.24, 2.45) is 0 Å². The normalized spacial score (nSPS) is 10.9. The second-order valence-corrected chi connectivity index (χ2v) is 7.91. The van der Waals surface area contributed by atoms with Gasteiger partial charge in [0.1, 0.15) is 5.82 Å². The summed E-state index contributed by atoms with van der Waals surface area (Å²) in [6, 6.07) is 14.7. The quantitative estimate of drug-likeness (QED) is 0.521. The third kappa shape index (κ3) is 5.12. The molecule has 11 heteroatoms. The van der Waals surface area contributed by atoms with Crippen molar-refractivity contribution in [1.82, 2.24) is 10.2 Å². The minimum atomic E-state index is -3.85. The first kappa shape index (κ1) is 19.9. The molecule has 0 aliphatic carbocycles. The zero-order chi connectivity index (χ0) is 20.1. The molecule has 1 heterocycles. The van der Waals surface area contributed by atoms with E-state index >= 15 is 0 Å². The number of sulfonamides is 1. The molecular formula is C17H13ClFN5O2S2. The van der Waals surface area contributed by atoms with Crippen LogP contribution in [0.1, 0.15) is 0 Å². The van der Waals surface area contributed by atoms with Crippen LogP contribution in [0.15, 0.2) is 65.6 Å². The average molecular weight is 438 g/mol. The van der Waals surface area contributed by atoms with Crippen molar-refractivity contribution in [1.29, 1.82) is 0 Å². The summed E-state index contributed by atoms with van der Waals surface area (Å²) >= 11 is 10.8. The lowest BCUT2D eigenvalue weighted by molar-refractivity contribution is 0.601. The van der Waals surface area contributed by atoms with E-state index in [4.69, 9.17) is 23.8 Å². The number of rotatable bonds is 5. The highest BCUT2D eigenvalue weighted by Gasteiger charge is 2.15. The number of para-hydroxylation sites is 1. The van der Waals surface area contributed by atoms with Crippen LogP contribution in [-0.2, 0) is 10.0 Å². The molecule has 0 fully saturated rings. The van der Waals surface area contributed by atoms with Gasteiger partial charge in [-0.15, -0.1) is 10.2 Å². The number of thiocarbonyl (C=S) groups is 1.